The van der Waals surface area contributed by atoms with Crippen LogP contribution in [0.5, 0.6) is 0 Å². The van der Waals surface area contributed by atoms with Crippen molar-refractivity contribution in [3.05, 3.63) is 66.3 Å². The van der Waals surface area contributed by atoms with Gasteiger partial charge in [-0.3, -0.25) is 4.79 Å². The number of allylic oxidation sites excluding steroid dienone is 2. The molecule has 1 aromatic carbocycles. The number of rotatable bonds is 12. The molecule has 1 aliphatic rings. The molecule has 1 fully saturated rings. The van der Waals surface area contributed by atoms with Crippen molar-refractivity contribution >= 4 is 17.4 Å². The number of nitrogens with one attached hydrogen (secondary N) is 4. The zero-order chi connectivity index (χ0) is 23.7. The van der Waals surface area contributed by atoms with E-state index in [2.05, 4.69) is 35.1 Å². The molecule has 0 saturated carbocycles. The van der Waals surface area contributed by atoms with Crippen LogP contribution in [0, 0.1) is 5.92 Å². The highest BCUT2D eigenvalue weighted by Gasteiger charge is 2.32. The Morgan fingerprint density at radius 2 is 1.75 bits per heavy atom. The zero-order valence-electron chi connectivity index (χ0n) is 19.1. The largest absolute Gasteiger partial charge is 0.480 e. The Balaban J connectivity index is 2.31. The van der Waals surface area contributed by atoms with E-state index < -0.39 is 12.0 Å². The third-order valence-corrected chi connectivity index (χ3v) is 5.44. The van der Waals surface area contributed by atoms with Crippen LogP contribution in [-0.4, -0.2) is 34.1 Å². The molecular weight excluding hydrogens is 406 g/mol. The van der Waals surface area contributed by atoms with Gasteiger partial charge in [-0.2, -0.15) is 11.1 Å². The topological polar surface area (TPSA) is 106 Å². The van der Waals surface area contributed by atoms with Gasteiger partial charge in [0, 0.05) is 13.0 Å². The number of hydrazine groups is 3. The Morgan fingerprint density at radius 1 is 1.12 bits per heavy atom. The number of hydrogen-bond donors (Lipinski definition) is 5. The number of amides is 1. The molecule has 1 aliphatic heterocycles. The van der Waals surface area contributed by atoms with Gasteiger partial charge < -0.3 is 10.0 Å². The summed E-state index contributed by atoms with van der Waals surface area (Å²) in [4.78, 5) is 26.3. The summed E-state index contributed by atoms with van der Waals surface area (Å²) in [7, 11) is 0. The van der Waals surface area contributed by atoms with E-state index in [1.807, 2.05) is 45.0 Å². The molecule has 1 aromatic rings. The van der Waals surface area contributed by atoms with Crippen molar-refractivity contribution in [1.82, 2.24) is 26.8 Å². The number of nitrogens with zero attached hydrogens (tertiary/aromatic N) is 1. The van der Waals surface area contributed by atoms with Crippen LogP contribution < -0.4 is 21.9 Å². The minimum absolute atomic E-state index is 0.129. The van der Waals surface area contributed by atoms with Gasteiger partial charge in [0.1, 0.15) is 12.2 Å². The van der Waals surface area contributed by atoms with Crippen LogP contribution in [0.2, 0.25) is 0 Å². The fourth-order valence-corrected chi connectivity index (χ4v) is 3.77. The highest BCUT2D eigenvalue weighted by Crippen LogP contribution is 2.24. The SMILES string of the molecule is C=C/C(=C(\C=C)C1NNNN1)c1ccc(CN(C(=O)CCCC)C(C(=O)O)C(C)C)cc1. The normalized spacial score (nSPS) is 15.9. The van der Waals surface area contributed by atoms with E-state index in [-0.39, 0.29) is 24.5 Å². The second-order valence-corrected chi connectivity index (χ2v) is 8.10. The third kappa shape index (κ3) is 6.37. The minimum Gasteiger partial charge on any atom is -0.480 e. The summed E-state index contributed by atoms with van der Waals surface area (Å²) in [6, 6.07) is 6.88. The first-order valence-electron chi connectivity index (χ1n) is 11.0. The second-order valence-electron chi connectivity index (χ2n) is 8.10. The van der Waals surface area contributed by atoms with E-state index in [0.717, 1.165) is 35.1 Å². The van der Waals surface area contributed by atoms with Crippen LogP contribution >= 0.6 is 0 Å². The Labute approximate surface area is 190 Å². The van der Waals surface area contributed by atoms with E-state index >= 15 is 0 Å². The van der Waals surface area contributed by atoms with Gasteiger partial charge in [-0.25, -0.2) is 15.6 Å². The Hall–Kier alpha value is -2.78. The molecule has 1 unspecified atom stereocenters. The summed E-state index contributed by atoms with van der Waals surface area (Å²) < 4.78 is 0. The van der Waals surface area contributed by atoms with Gasteiger partial charge in [0.05, 0.1) is 0 Å². The quantitative estimate of drug-likeness (QED) is 0.318. The maximum absolute atomic E-state index is 12.9. The van der Waals surface area contributed by atoms with E-state index in [1.54, 1.807) is 12.2 Å². The summed E-state index contributed by atoms with van der Waals surface area (Å²) in [6.45, 7) is 13.8. The average Bonchev–Trinajstić information content (AvgIpc) is 3.29. The first-order chi connectivity index (χ1) is 15.3. The van der Waals surface area contributed by atoms with Gasteiger partial charge in [-0.05, 0) is 34.6 Å². The van der Waals surface area contributed by atoms with E-state index in [4.69, 9.17) is 0 Å². The lowest BCUT2D eigenvalue weighted by Gasteiger charge is -2.32. The lowest BCUT2D eigenvalue weighted by Crippen LogP contribution is -2.47. The van der Waals surface area contributed by atoms with Crippen LogP contribution in [0.15, 0.2) is 55.1 Å². The van der Waals surface area contributed by atoms with Crippen LogP contribution in [0.4, 0.5) is 0 Å². The van der Waals surface area contributed by atoms with Crippen molar-refractivity contribution in [2.45, 2.75) is 58.8 Å². The fraction of sp³-hybridized carbons (Fsp3) is 0.417. The average molecular weight is 442 g/mol. The molecule has 8 heteroatoms. The highest BCUT2D eigenvalue weighted by molar-refractivity contribution is 5.84. The first-order valence-corrected chi connectivity index (χ1v) is 11.0. The summed E-state index contributed by atoms with van der Waals surface area (Å²) in [5, 5.41) is 9.76. The second kappa shape index (κ2) is 12.3. The highest BCUT2D eigenvalue weighted by atomic mass is 16.4. The monoisotopic (exact) mass is 441 g/mol. The number of carboxylic acids is 1. The standard InChI is InChI=1S/C24H35N5O3/c1-6-9-10-21(30)29(22(16(4)5)24(31)32)15-17-11-13-18(14-12-17)19(7-2)20(8-3)23-25-27-28-26-23/h7-8,11-14,16,22-23,25-28H,2-3,6,9-10,15H2,1,4-5H3,(H,31,32)/b20-19-. The molecule has 5 N–H and O–H groups in total. The molecule has 174 valence electrons. The molecule has 32 heavy (non-hydrogen) atoms. The minimum atomic E-state index is -0.979. The van der Waals surface area contributed by atoms with E-state index in [9.17, 15) is 14.7 Å². The number of hydrogen-bond acceptors (Lipinski definition) is 6. The van der Waals surface area contributed by atoms with Crippen molar-refractivity contribution < 1.29 is 14.7 Å². The van der Waals surface area contributed by atoms with Crippen molar-refractivity contribution in [2.24, 2.45) is 5.92 Å². The van der Waals surface area contributed by atoms with E-state index in [0.29, 0.717) is 6.42 Å². The molecule has 1 heterocycles. The Kier molecular flexibility index (Phi) is 9.80. The number of unbranched alkanes of at least 4 members (excludes halogenated alkanes) is 1. The van der Waals surface area contributed by atoms with Crippen LogP contribution in [0.3, 0.4) is 0 Å². The van der Waals surface area contributed by atoms with Crippen LogP contribution in [0.25, 0.3) is 5.57 Å². The Morgan fingerprint density at radius 3 is 2.22 bits per heavy atom. The molecule has 0 bridgehead atoms. The number of carbonyl (C=O) groups excluding carboxylic acids is 1. The van der Waals surface area contributed by atoms with Gasteiger partial charge in [0.2, 0.25) is 5.91 Å². The van der Waals surface area contributed by atoms with Crippen molar-refractivity contribution in [2.75, 3.05) is 0 Å². The number of benzene rings is 1. The molecule has 1 amide bonds. The number of carbonyl (C=O) groups is 2. The molecule has 0 aliphatic carbocycles. The molecule has 1 saturated heterocycles. The van der Waals surface area contributed by atoms with Gasteiger partial charge in [-0.15, -0.1) is 0 Å². The number of carboxylic acid groups (broad SMARTS) is 1. The van der Waals surface area contributed by atoms with Crippen LogP contribution in [0.1, 0.15) is 51.2 Å². The predicted octanol–water partition coefficient (Wildman–Crippen LogP) is 2.88. The smallest absolute Gasteiger partial charge is 0.326 e. The lowest BCUT2D eigenvalue weighted by atomic mass is 9.96. The summed E-state index contributed by atoms with van der Waals surface area (Å²) in [6.07, 6.45) is 5.32. The molecule has 2 rings (SSSR count). The maximum Gasteiger partial charge on any atom is 0.326 e. The van der Waals surface area contributed by atoms with Gasteiger partial charge >= 0.3 is 5.97 Å². The molecule has 8 nitrogen and oxygen atoms in total. The van der Waals surface area contributed by atoms with Gasteiger partial charge in [-0.1, -0.05) is 76.8 Å². The lowest BCUT2D eigenvalue weighted by molar-refractivity contribution is -0.153. The summed E-state index contributed by atoms with van der Waals surface area (Å²) in [5.41, 5.74) is 15.3. The van der Waals surface area contributed by atoms with Gasteiger partial charge in [0.15, 0.2) is 0 Å². The molecule has 0 aromatic heterocycles. The van der Waals surface area contributed by atoms with E-state index in [1.165, 1.54) is 4.90 Å². The first kappa shape index (κ1) is 25.5. The molecule has 0 radical (unpaired) electrons. The molecular formula is C24H35N5O3. The maximum atomic E-state index is 12.9. The van der Waals surface area contributed by atoms with Crippen molar-refractivity contribution in [3.63, 3.8) is 0 Å². The number of aliphatic carboxylic acids is 1. The summed E-state index contributed by atoms with van der Waals surface area (Å²) in [5.74, 6) is -1.31. The molecule has 0 spiro atoms. The molecule has 1 atom stereocenters. The zero-order valence-corrected chi connectivity index (χ0v) is 19.1. The fourth-order valence-electron chi connectivity index (χ4n) is 3.77. The Bertz CT molecular complexity index is 842. The van der Waals surface area contributed by atoms with Crippen molar-refractivity contribution in [1.29, 1.82) is 0 Å². The van der Waals surface area contributed by atoms with Crippen LogP contribution in [-0.2, 0) is 16.1 Å². The summed E-state index contributed by atoms with van der Waals surface area (Å²) >= 11 is 0. The third-order valence-electron chi connectivity index (χ3n) is 5.44. The van der Waals surface area contributed by atoms with Gasteiger partial charge in [0.25, 0.3) is 0 Å². The predicted molar refractivity (Wildman–Crippen MR) is 126 cm³/mol. The van der Waals surface area contributed by atoms with Crippen molar-refractivity contribution in [3.8, 4) is 0 Å².